The molecule has 1 aromatic carbocycles. The van der Waals surface area contributed by atoms with Gasteiger partial charge in [0.25, 0.3) is 5.69 Å². The highest BCUT2D eigenvalue weighted by Gasteiger charge is 2.10. The SMILES string of the molecule is N#CCC(=O)NNCn1nnc2cc([N+](=O)[O-])ccc21. The Kier molecular flexibility index (Phi) is 3.82. The van der Waals surface area contributed by atoms with Gasteiger partial charge in [-0.25, -0.2) is 10.1 Å². The number of nitro groups is 1. The van der Waals surface area contributed by atoms with E-state index in [2.05, 4.69) is 21.2 Å². The zero-order chi connectivity index (χ0) is 14.5. The molecule has 1 heterocycles. The van der Waals surface area contributed by atoms with Crippen molar-refractivity contribution in [2.45, 2.75) is 13.1 Å². The third-order valence-corrected chi connectivity index (χ3v) is 2.40. The standard InChI is InChI=1S/C10H9N7O3/c11-4-3-10(18)14-12-6-16-9-2-1-7(17(19)20)5-8(9)13-15-16/h1-2,5,12H,3,6H2,(H,14,18). The molecule has 20 heavy (non-hydrogen) atoms. The van der Waals surface area contributed by atoms with Crippen LogP contribution in [0, 0.1) is 21.4 Å². The average Bonchev–Trinajstić information content (AvgIpc) is 2.81. The second-order valence-electron chi connectivity index (χ2n) is 3.74. The number of nitro benzene ring substituents is 1. The first-order valence-electron chi connectivity index (χ1n) is 5.48. The van der Waals surface area contributed by atoms with E-state index >= 15 is 0 Å². The number of rotatable bonds is 5. The molecule has 0 bridgehead atoms. The van der Waals surface area contributed by atoms with Gasteiger partial charge in [0, 0.05) is 12.1 Å². The number of amides is 1. The van der Waals surface area contributed by atoms with Gasteiger partial charge >= 0.3 is 0 Å². The van der Waals surface area contributed by atoms with Crippen molar-refractivity contribution in [2.24, 2.45) is 0 Å². The summed E-state index contributed by atoms with van der Waals surface area (Å²) in [5.41, 5.74) is 5.78. The predicted molar refractivity (Wildman–Crippen MR) is 65.7 cm³/mol. The lowest BCUT2D eigenvalue weighted by Crippen LogP contribution is -2.38. The maximum Gasteiger partial charge on any atom is 0.271 e. The second-order valence-corrected chi connectivity index (χ2v) is 3.74. The molecule has 10 heteroatoms. The van der Waals surface area contributed by atoms with E-state index in [0.717, 1.165) is 0 Å². The van der Waals surface area contributed by atoms with Crippen LogP contribution in [0.5, 0.6) is 0 Å². The van der Waals surface area contributed by atoms with E-state index in [1.54, 1.807) is 6.07 Å². The molecular formula is C10H9N7O3. The predicted octanol–water partition coefficient (Wildman–Crippen LogP) is -0.169. The summed E-state index contributed by atoms with van der Waals surface area (Å²) in [6.07, 6.45) is -0.253. The highest BCUT2D eigenvalue weighted by Crippen LogP contribution is 2.18. The Morgan fingerprint density at radius 3 is 3.05 bits per heavy atom. The number of carbonyl (C=O) groups excluding carboxylic acids is 1. The Hall–Kier alpha value is -3.06. The molecule has 1 aromatic heterocycles. The number of carbonyl (C=O) groups is 1. The zero-order valence-corrected chi connectivity index (χ0v) is 10.1. The number of non-ortho nitro benzene ring substituents is 1. The Balaban J connectivity index is 2.07. The molecule has 0 spiro atoms. The second kappa shape index (κ2) is 5.72. The number of aromatic nitrogens is 3. The van der Waals surface area contributed by atoms with Crippen molar-refractivity contribution in [1.82, 2.24) is 25.8 Å². The highest BCUT2D eigenvalue weighted by atomic mass is 16.6. The van der Waals surface area contributed by atoms with Crippen molar-refractivity contribution >= 4 is 22.6 Å². The third kappa shape index (κ3) is 2.85. The molecule has 102 valence electrons. The van der Waals surface area contributed by atoms with Crippen LogP contribution < -0.4 is 10.9 Å². The Morgan fingerprint density at radius 1 is 1.55 bits per heavy atom. The molecular weight excluding hydrogens is 266 g/mol. The Bertz CT molecular complexity index is 702. The first-order chi connectivity index (χ1) is 9.61. The quantitative estimate of drug-likeness (QED) is 0.570. The van der Waals surface area contributed by atoms with Gasteiger partial charge in [-0.15, -0.1) is 5.10 Å². The van der Waals surface area contributed by atoms with Gasteiger partial charge in [-0.3, -0.25) is 20.3 Å². The number of nitriles is 1. The molecule has 2 N–H and O–H groups in total. The molecule has 0 aliphatic heterocycles. The fraction of sp³-hybridized carbons (Fsp3) is 0.200. The van der Waals surface area contributed by atoms with Crippen LogP contribution in [-0.2, 0) is 11.5 Å². The van der Waals surface area contributed by atoms with Gasteiger partial charge in [0.05, 0.1) is 16.5 Å². The fourth-order valence-corrected chi connectivity index (χ4v) is 1.52. The summed E-state index contributed by atoms with van der Waals surface area (Å²) in [5, 5.41) is 26.5. The van der Waals surface area contributed by atoms with Crippen LogP contribution in [0.2, 0.25) is 0 Å². The topological polar surface area (TPSA) is 139 Å². The van der Waals surface area contributed by atoms with Gasteiger partial charge in [-0.05, 0) is 6.07 Å². The summed E-state index contributed by atoms with van der Waals surface area (Å²) in [4.78, 5) is 21.1. The normalized spacial score (nSPS) is 10.2. The van der Waals surface area contributed by atoms with Gasteiger partial charge in [0.2, 0.25) is 5.91 Å². The minimum absolute atomic E-state index is 0.0696. The summed E-state index contributed by atoms with van der Waals surface area (Å²) in [6, 6.07) is 5.88. The number of nitrogens with one attached hydrogen (secondary N) is 2. The number of hydrogen-bond donors (Lipinski definition) is 2. The summed E-state index contributed by atoms with van der Waals surface area (Å²) in [6.45, 7) is 0.117. The lowest BCUT2D eigenvalue weighted by atomic mass is 10.3. The van der Waals surface area contributed by atoms with E-state index < -0.39 is 10.8 Å². The molecule has 0 atom stereocenters. The summed E-state index contributed by atoms with van der Waals surface area (Å²) < 4.78 is 1.42. The van der Waals surface area contributed by atoms with Crippen molar-refractivity contribution in [3.05, 3.63) is 28.3 Å². The molecule has 1 amide bonds. The molecule has 0 aliphatic carbocycles. The van der Waals surface area contributed by atoms with E-state index in [-0.39, 0.29) is 18.8 Å². The van der Waals surface area contributed by atoms with E-state index in [1.807, 2.05) is 0 Å². The molecule has 0 saturated heterocycles. The maximum atomic E-state index is 11.0. The molecule has 2 aromatic rings. The van der Waals surface area contributed by atoms with Crippen molar-refractivity contribution in [2.75, 3.05) is 0 Å². The minimum Gasteiger partial charge on any atom is -0.289 e. The smallest absolute Gasteiger partial charge is 0.271 e. The van der Waals surface area contributed by atoms with E-state index in [1.165, 1.54) is 22.9 Å². The summed E-state index contributed by atoms with van der Waals surface area (Å²) in [5.74, 6) is -0.465. The number of nitrogens with zero attached hydrogens (tertiary/aromatic N) is 5. The molecule has 0 fully saturated rings. The Morgan fingerprint density at radius 2 is 2.35 bits per heavy atom. The lowest BCUT2D eigenvalue weighted by molar-refractivity contribution is -0.384. The molecule has 2 rings (SSSR count). The first kappa shape index (κ1) is 13.4. The number of hydrazine groups is 1. The lowest BCUT2D eigenvalue weighted by Gasteiger charge is -2.05. The summed E-state index contributed by atoms with van der Waals surface area (Å²) >= 11 is 0. The highest BCUT2D eigenvalue weighted by molar-refractivity contribution is 5.78. The van der Waals surface area contributed by atoms with Gasteiger partial charge in [-0.1, -0.05) is 5.21 Å². The van der Waals surface area contributed by atoms with Gasteiger partial charge < -0.3 is 0 Å². The van der Waals surface area contributed by atoms with E-state index in [9.17, 15) is 14.9 Å². The third-order valence-electron chi connectivity index (χ3n) is 2.40. The molecule has 10 nitrogen and oxygen atoms in total. The van der Waals surface area contributed by atoms with Gasteiger partial charge in [0.1, 0.15) is 18.6 Å². The van der Waals surface area contributed by atoms with Crippen molar-refractivity contribution in [3.63, 3.8) is 0 Å². The number of benzene rings is 1. The van der Waals surface area contributed by atoms with Gasteiger partial charge in [0.15, 0.2) is 0 Å². The van der Waals surface area contributed by atoms with Crippen molar-refractivity contribution in [3.8, 4) is 6.07 Å². The van der Waals surface area contributed by atoms with Crippen LogP contribution in [0.1, 0.15) is 6.42 Å². The fourth-order valence-electron chi connectivity index (χ4n) is 1.52. The van der Waals surface area contributed by atoms with Crippen LogP contribution in [0.15, 0.2) is 18.2 Å². The van der Waals surface area contributed by atoms with Crippen LogP contribution in [0.4, 0.5) is 5.69 Å². The van der Waals surface area contributed by atoms with Gasteiger partial charge in [-0.2, -0.15) is 5.26 Å². The van der Waals surface area contributed by atoms with Crippen molar-refractivity contribution in [1.29, 1.82) is 5.26 Å². The van der Waals surface area contributed by atoms with Crippen LogP contribution >= 0.6 is 0 Å². The van der Waals surface area contributed by atoms with Crippen LogP contribution in [0.3, 0.4) is 0 Å². The van der Waals surface area contributed by atoms with Crippen LogP contribution in [-0.4, -0.2) is 25.8 Å². The first-order valence-corrected chi connectivity index (χ1v) is 5.48. The van der Waals surface area contributed by atoms with E-state index in [4.69, 9.17) is 5.26 Å². The van der Waals surface area contributed by atoms with Crippen LogP contribution in [0.25, 0.3) is 11.0 Å². The minimum atomic E-state index is -0.515. The number of hydrogen-bond acceptors (Lipinski definition) is 7. The largest absolute Gasteiger partial charge is 0.289 e. The summed E-state index contributed by atoms with van der Waals surface area (Å²) in [7, 11) is 0. The molecule has 0 unspecified atom stereocenters. The average molecular weight is 275 g/mol. The van der Waals surface area contributed by atoms with E-state index in [0.29, 0.717) is 11.0 Å². The monoisotopic (exact) mass is 275 g/mol. The van der Waals surface area contributed by atoms with Crippen molar-refractivity contribution < 1.29 is 9.72 Å². The Labute approximate surface area is 112 Å². The zero-order valence-electron chi connectivity index (χ0n) is 10.1. The maximum absolute atomic E-state index is 11.0. The molecule has 0 radical (unpaired) electrons. The molecule has 0 aliphatic rings. The molecule has 0 saturated carbocycles. The number of fused-ring (bicyclic) bond motifs is 1.